The standard InChI is InChI=1S/C10H11FO2/c1-7-4-3-5-8(9(7)6-11)10(12)13-2/h3-5H,6H2,1-2H3. The van der Waals surface area contributed by atoms with Crippen LogP contribution in [-0.4, -0.2) is 13.1 Å². The van der Waals surface area contributed by atoms with Crippen LogP contribution in [0.15, 0.2) is 18.2 Å². The fourth-order valence-corrected chi connectivity index (χ4v) is 1.18. The Balaban J connectivity index is 3.20. The number of alkyl halides is 1. The number of methoxy groups -OCH3 is 1. The third kappa shape index (κ3) is 1.86. The van der Waals surface area contributed by atoms with Gasteiger partial charge in [-0.25, -0.2) is 9.18 Å². The minimum Gasteiger partial charge on any atom is -0.465 e. The average molecular weight is 182 g/mol. The van der Waals surface area contributed by atoms with Gasteiger partial charge in [0.1, 0.15) is 6.67 Å². The Morgan fingerprint density at radius 1 is 1.54 bits per heavy atom. The molecule has 1 aromatic rings. The van der Waals surface area contributed by atoms with Gasteiger partial charge in [0.2, 0.25) is 0 Å². The number of rotatable bonds is 2. The van der Waals surface area contributed by atoms with E-state index in [1.54, 1.807) is 25.1 Å². The molecule has 1 rings (SSSR count). The molecule has 13 heavy (non-hydrogen) atoms. The van der Waals surface area contributed by atoms with Crippen molar-refractivity contribution in [3.63, 3.8) is 0 Å². The maximum absolute atomic E-state index is 12.5. The van der Waals surface area contributed by atoms with Crippen molar-refractivity contribution in [2.45, 2.75) is 13.6 Å². The number of ether oxygens (including phenoxy) is 1. The fraction of sp³-hybridized carbons (Fsp3) is 0.300. The monoisotopic (exact) mass is 182 g/mol. The van der Waals surface area contributed by atoms with Gasteiger partial charge >= 0.3 is 5.97 Å². The zero-order valence-electron chi connectivity index (χ0n) is 7.63. The van der Waals surface area contributed by atoms with Gasteiger partial charge < -0.3 is 4.74 Å². The molecule has 0 saturated carbocycles. The summed E-state index contributed by atoms with van der Waals surface area (Å²) in [7, 11) is 1.28. The highest BCUT2D eigenvalue weighted by molar-refractivity contribution is 5.91. The van der Waals surface area contributed by atoms with E-state index < -0.39 is 12.6 Å². The van der Waals surface area contributed by atoms with Gasteiger partial charge in [0.15, 0.2) is 0 Å². The van der Waals surface area contributed by atoms with Crippen LogP contribution in [0.4, 0.5) is 4.39 Å². The molecular formula is C10H11FO2. The van der Waals surface area contributed by atoms with Gasteiger partial charge in [-0.05, 0) is 18.6 Å². The van der Waals surface area contributed by atoms with Crippen molar-refractivity contribution in [1.29, 1.82) is 0 Å². The Bertz CT molecular complexity index is 321. The molecule has 0 radical (unpaired) electrons. The highest BCUT2D eigenvalue weighted by Gasteiger charge is 2.12. The largest absolute Gasteiger partial charge is 0.465 e. The molecule has 0 saturated heterocycles. The van der Waals surface area contributed by atoms with Crippen LogP contribution in [0.3, 0.4) is 0 Å². The van der Waals surface area contributed by atoms with Crippen molar-refractivity contribution in [2.75, 3.05) is 7.11 Å². The summed E-state index contributed by atoms with van der Waals surface area (Å²) in [6, 6.07) is 5.04. The van der Waals surface area contributed by atoms with Crippen LogP contribution in [0.5, 0.6) is 0 Å². The summed E-state index contributed by atoms with van der Waals surface area (Å²) in [5.74, 6) is -0.489. The van der Waals surface area contributed by atoms with Crippen molar-refractivity contribution in [3.05, 3.63) is 34.9 Å². The van der Waals surface area contributed by atoms with Crippen molar-refractivity contribution in [3.8, 4) is 0 Å². The molecule has 0 amide bonds. The second-order valence-corrected chi connectivity index (χ2v) is 2.73. The van der Waals surface area contributed by atoms with Gasteiger partial charge in [-0.2, -0.15) is 0 Å². The summed E-state index contributed by atoms with van der Waals surface area (Å²) < 4.78 is 17.1. The normalized spacial score (nSPS) is 9.77. The van der Waals surface area contributed by atoms with Crippen LogP contribution in [-0.2, 0) is 11.4 Å². The summed E-state index contributed by atoms with van der Waals surface area (Å²) in [5, 5.41) is 0. The molecule has 0 atom stereocenters. The second kappa shape index (κ2) is 4.03. The van der Waals surface area contributed by atoms with Gasteiger partial charge in [0.05, 0.1) is 12.7 Å². The van der Waals surface area contributed by atoms with E-state index in [0.29, 0.717) is 11.1 Å². The molecule has 1 aromatic carbocycles. The number of aryl methyl sites for hydroxylation is 1. The topological polar surface area (TPSA) is 26.3 Å². The number of benzene rings is 1. The lowest BCUT2D eigenvalue weighted by molar-refractivity contribution is 0.0598. The maximum Gasteiger partial charge on any atom is 0.338 e. The van der Waals surface area contributed by atoms with Crippen molar-refractivity contribution in [2.24, 2.45) is 0 Å². The molecular weight excluding hydrogens is 171 g/mol. The van der Waals surface area contributed by atoms with Gasteiger partial charge in [-0.3, -0.25) is 0 Å². The molecule has 0 aromatic heterocycles. The minimum atomic E-state index is -0.642. The van der Waals surface area contributed by atoms with Gasteiger partial charge in [-0.1, -0.05) is 12.1 Å². The number of hydrogen-bond donors (Lipinski definition) is 0. The highest BCUT2D eigenvalue weighted by atomic mass is 19.1. The van der Waals surface area contributed by atoms with Gasteiger partial charge in [0.25, 0.3) is 0 Å². The van der Waals surface area contributed by atoms with Gasteiger partial charge in [0, 0.05) is 5.56 Å². The first-order valence-electron chi connectivity index (χ1n) is 3.93. The molecule has 70 valence electrons. The van der Waals surface area contributed by atoms with Crippen LogP contribution in [0.2, 0.25) is 0 Å². The smallest absolute Gasteiger partial charge is 0.338 e. The quantitative estimate of drug-likeness (QED) is 0.656. The minimum absolute atomic E-state index is 0.310. The van der Waals surface area contributed by atoms with Crippen LogP contribution in [0.1, 0.15) is 21.5 Å². The molecule has 0 spiro atoms. The van der Waals surface area contributed by atoms with Gasteiger partial charge in [-0.15, -0.1) is 0 Å². The van der Waals surface area contributed by atoms with Crippen molar-refractivity contribution >= 4 is 5.97 Å². The van der Waals surface area contributed by atoms with Crippen molar-refractivity contribution in [1.82, 2.24) is 0 Å². The van der Waals surface area contributed by atoms with E-state index in [0.717, 1.165) is 5.56 Å². The molecule has 0 unspecified atom stereocenters. The molecule has 2 nitrogen and oxygen atoms in total. The number of hydrogen-bond acceptors (Lipinski definition) is 2. The number of carbonyl (C=O) groups excluding carboxylic acids is 1. The Hall–Kier alpha value is -1.38. The zero-order valence-corrected chi connectivity index (χ0v) is 7.63. The van der Waals surface area contributed by atoms with E-state index >= 15 is 0 Å². The third-order valence-electron chi connectivity index (χ3n) is 1.95. The molecule has 0 aliphatic rings. The predicted octanol–water partition coefficient (Wildman–Crippen LogP) is 2.25. The average Bonchev–Trinajstić information content (AvgIpc) is 2.16. The SMILES string of the molecule is COC(=O)c1cccc(C)c1CF. The summed E-state index contributed by atoms with van der Waals surface area (Å²) in [6.45, 7) is 1.12. The third-order valence-corrected chi connectivity index (χ3v) is 1.95. The van der Waals surface area contributed by atoms with Crippen LogP contribution >= 0.6 is 0 Å². The zero-order chi connectivity index (χ0) is 9.84. The van der Waals surface area contributed by atoms with Crippen molar-refractivity contribution < 1.29 is 13.9 Å². The van der Waals surface area contributed by atoms with E-state index in [1.165, 1.54) is 7.11 Å². The van der Waals surface area contributed by atoms with E-state index in [2.05, 4.69) is 4.74 Å². The summed E-state index contributed by atoms with van der Waals surface area (Å²) in [6.07, 6.45) is 0. The molecule has 0 aliphatic heterocycles. The molecule has 0 N–H and O–H groups in total. The summed E-state index contributed by atoms with van der Waals surface area (Å²) in [5.41, 5.74) is 1.49. The van der Waals surface area contributed by atoms with Crippen LogP contribution < -0.4 is 0 Å². The Morgan fingerprint density at radius 2 is 2.23 bits per heavy atom. The number of carbonyl (C=O) groups is 1. The van der Waals surface area contributed by atoms with E-state index in [-0.39, 0.29) is 0 Å². The lowest BCUT2D eigenvalue weighted by Gasteiger charge is -2.06. The van der Waals surface area contributed by atoms with E-state index in [1.807, 2.05) is 0 Å². The molecule has 0 fully saturated rings. The van der Waals surface area contributed by atoms with E-state index in [4.69, 9.17) is 0 Å². The van der Waals surface area contributed by atoms with Crippen LogP contribution in [0.25, 0.3) is 0 Å². The number of esters is 1. The lowest BCUT2D eigenvalue weighted by Crippen LogP contribution is -2.06. The summed E-state index contributed by atoms with van der Waals surface area (Å²) in [4.78, 5) is 11.2. The molecule has 0 heterocycles. The molecule has 3 heteroatoms. The molecule has 0 bridgehead atoms. The first-order valence-corrected chi connectivity index (χ1v) is 3.93. The van der Waals surface area contributed by atoms with Crippen LogP contribution in [0, 0.1) is 6.92 Å². The fourth-order valence-electron chi connectivity index (χ4n) is 1.18. The predicted molar refractivity (Wildman–Crippen MR) is 47.3 cm³/mol. The Kier molecular flexibility index (Phi) is 3.01. The second-order valence-electron chi connectivity index (χ2n) is 2.73. The number of halogens is 1. The first-order chi connectivity index (χ1) is 6.20. The highest BCUT2D eigenvalue weighted by Crippen LogP contribution is 2.16. The van der Waals surface area contributed by atoms with E-state index in [9.17, 15) is 9.18 Å². The lowest BCUT2D eigenvalue weighted by atomic mass is 10.0. The Labute approximate surface area is 76.3 Å². The maximum atomic E-state index is 12.5. The Morgan fingerprint density at radius 3 is 2.77 bits per heavy atom. The summed E-state index contributed by atoms with van der Waals surface area (Å²) >= 11 is 0. The first kappa shape index (κ1) is 9.71. The molecule has 0 aliphatic carbocycles.